The number of aliphatic hydroxyl groups is 1. The molecule has 4 heteroatoms. The maximum atomic E-state index is 12.5. The first-order valence-electron chi connectivity index (χ1n) is 7.79. The van der Waals surface area contributed by atoms with Gasteiger partial charge in [0.25, 0.3) is 0 Å². The van der Waals surface area contributed by atoms with Crippen molar-refractivity contribution in [2.45, 2.75) is 65.7 Å². The summed E-state index contributed by atoms with van der Waals surface area (Å²) in [4.78, 5) is 13.9. The predicted octanol–water partition coefficient (Wildman–Crippen LogP) is 4.28. The highest BCUT2D eigenvalue weighted by Gasteiger charge is 2.43. The lowest BCUT2D eigenvalue weighted by atomic mass is 9.81. The van der Waals surface area contributed by atoms with Crippen molar-refractivity contribution in [3.05, 3.63) is 29.8 Å². The summed E-state index contributed by atoms with van der Waals surface area (Å²) in [5, 5.41) is 10.7. The van der Waals surface area contributed by atoms with E-state index < -0.39 is 17.9 Å². The molecule has 1 N–H and O–H groups in total. The summed E-state index contributed by atoms with van der Waals surface area (Å²) >= 11 is 0. The van der Waals surface area contributed by atoms with Gasteiger partial charge in [-0.2, -0.15) is 0 Å². The van der Waals surface area contributed by atoms with Crippen molar-refractivity contribution in [1.29, 1.82) is 0 Å². The van der Waals surface area contributed by atoms with E-state index in [0.29, 0.717) is 0 Å². The molecule has 4 nitrogen and oxygen atoms in total. The number of anilines is 1. The first kappa shape index (κ1) is 16.8. The van der Waals surface area contributed by atoms with E-state index in [2.05, 4.69) is 20.8 Å². The minimum atomic E-state index is -0.883. The number of rotatable bonds is 1. The molecule has 1 aromatic rings. The van der Waals surface area contributed by atoms with Gasteiger partial charge in [0.2, 0.25) is 0 Å². The lowest BCUT2D eigenvalue weighted by molar-refractivity contribution is 0.0445. The van der Waals surface area contributed by atoms with Crippen LogP contribution in [0.5, 0.6) is 0 Å². The molecule has 122 valence electrons. The van der Waals surface area contributed by atoms with E-state index in [1.807, 2.05) is 45.0 Å². The lowest BCUT2D eigenvalue weighted by Gasteiger charge is -2.30. The molecule has 1 heterocycles. The van der Waals surface area contributed by atoms with Crippen molar-refractivity contribution in [1.82, 2.24) is 0 Å². The number of fused-ring (bicyclic) bond motifs is 1. The zero-order valence-electron chi connectivity index (χ0n) is 14.4. The topological polar surface area (TPSA) is 49.8 Å². The molecule has 1 amide bonds. The van der Waals surface area contributed by atoms with E-state index in [0.717, 1.165) is 17.7 Å². The van der Waals surface area contributed by atoms with Gasteiger partial charge in [0, 0.05) is 5.92 Å². The number of nitrogens with zero attached hydrogens (tertiary/aromatic N) is 1. The van der Waals surface area contributed by atoms with Gasteiger partial charge >= 0.3 is 6.09 Å². The highest BCUT2D eigenvalue weighted by Crippen LogP contribution is 2.45. The minimum Gasteiger partial charge on any atom is -0.443 e. The number of hydrogen-bond acceptors (Lipinski definition) is 3. The van der Waals surface area contributed by atoms with Gasteiger partial charge < -0.3 is 9.84 Å². The molecule has 0 bridgehead atoms. The van der Waals surface area contributed by atoms with Crippen molar-refractivity contribution in [3.8, 4) is 0 Å². The Hall–Kier alpha value is -1.55. The number of carbonyl (C=O) groups is 1. The lowest BCUT2D eigenvalue weighted by Crippen LogP contribution is -2.43. The summed E-state index contributed by atoms with van der Waals surface area (Å²) in [6.07, 6.45) is -0.583. The van der Waals surface area contributed by atoms with E-state index in [9.17, 15) is 9.90 Å². The Balaban J connectivity index is 2.35. The van der Waals surface area contributed by atoms with Crippen molar-refractivity contribution >= 4 is 11.8 Å². The normalized spacial score (nSPS) is 21.7. The first-order valence-corrected chi connectivity index (χ1v) is 7.79. The van der Waals surface area contributed by atoms with Crippen LogP contribution in [0.25, 0.3) is 0 Å². The van der Waals surface area contributed by atoms with Crippen molar-refractivity contribution in [2.75, 3.05) is 4.90 Å². The molecule has 1 aliphatic heterocycles. The smallest absolute Gasteiger partial charge is 0.416 e. The fourth-order valence-corrected chi connectivity index (χ4v) is 2.90. The summed E-state index contributed by atoms with van der Waals surface area (Å²) in [5.41, 5.74) is 1.23. The second-order valence-corrected chi connectivity index (χ2v) is 8.19. The third-order valence-corrected chi connectivity index (χ3v) is 3.64. The van der Waals surface area contributed by atoms with Crippen LogP contribution < -0.4 is 4.90 Å². The van der Waals surface area contributed by atoms with Crippen LogP contribution in [0.2, 0.25) is 0 Å². The SMILES string of the molecule is CC(C)(C)CC1c2ccccc2N(C(=O)OC(C)(C)C)C1O. The quantitative estimate of drug-likeness (QED) is 0.842. The van der Waals surface area contributed by atoms with Crippen LogP contribution in [-0.4, -0.2) is 23.0 Å². The molecule has 2 rings (SSSR count). The molecule has 0 aromatic heterocycles. The van der Waals surface area contributed by atoms with Crippen LogP contribution in [-0.2, 0) is 4.74 Å². The Labute approximate surface area is 133 Å². The predicted molar refractivity (Wildman–Crippen MR) is 88.0 cm³/mol. The monoisotopic (exact) mass is 305 g/mol. The van der Waals surface area contributed by atoms with E-state index >= 15 is 0 Å². The molecule has 0 radical (unpaired) electrons. The Bertz CT molecular complexity index is 554. The molecule has 22 heavy (non-hydrogen) atoms. The molecule has 0 saturated carbocycles. The fourth-order valence-electron chi connectivity index (χ4n) is 2.90. The molecule has 0 spiro atoms. The second kappa shape index (κ2) is 5.58. The van der Waals surface area contributed by atoms with Crippen LogP contribution >= 0.6 is 0 Å². The number of hydrogen-bond donors (Lipinski definition) is 1. The molecular weight excluding hydrogens is 278 g/mol. The molecule has 1 aliphatic rings. The van der Waals surface area contributed by atoms with Gasteiger partial charge in [0.15, 0.2) is 0 Å². The largest absolute Gasteiger partial charge is 0.443 e. The van der Waals surface area contributed by atoms with E-state index in [4.69, 9.17) is 4.74 Å². The minimum absolute atomic E-state index is 0.0582. The maximum Gasteiger partial charge on any atom is 0.416 e. The molecule has 0 fully saturated rings. The van der Waals surface area contributed by atoms with Crippen molar-refractivity contribution < 1.29 is 14.6 Å². The number of benzene rings is 1. The molecule has 0 aliphatic carbocycles. The van der Waals surface area contributed by atoms with Crippen molar-refractivity contribution in [2.24, 2.45) is 5.41 Å². The van der Waals surface area contributed by atoms with Gasteiger partial charge in [-0.05, 0) is 44.2 Å². The highest BCUT2D eigenvalue weighted by atomic mass is 16.6. The Kier molecular flexibility index (Phi) is 4.26. The van der Waals surface area contributed by atoms with Gasteiger partial charge in [-0.15, -0.1) is 0 Å². The number of ether oxygens (including phenoxy) is 1. The van der Waals surface area contributed by atoms with E-state index in [1.165, 1.54) is 4.90 Å². The van der Waals surface area contributed by atoms with Crippen LogP contribution in [0, 0.1) is 5.41 Å². The van der Waals surface area contributed by atoms with E-state index in [1.54, 1.807) is 0 Å². The summed E-state index contributed by atoms with van der Waals surface area (Å²) < 4.78 is 5.45. The Morgan fingerprint density at radius 1 is 1.18 bits per heavy atom. The molecule has 2 unspecified atom stereocenters. The Morgan fingerprint density at radius 3 is 2.32 bits per heavy atom. The molecule has 2 atom stereocenters. The van der Waals surface area contributed by atoms with Gasteiger partial charge in [-0.3, -0.25) is 4.90 Å². The average Bonchev–Trinajstić information content (AvgIpc) is 2.59. The van der Waals surface area contributed by atoms with Gasteiger partial charge in [-0.25, -0.2) is 4.79 Å². The fraction of sp³-hybridized carbons (Fsp3) is 0.611. The number of amides is 1. The van der Waals surface area contributed by atoms with Crippen LogP contribution in [0.4, 0.5) is 10.5 Å². The van der Waals surface area contributed by atoms with Gasteiger partial charge in [-0.1, -0.05) is 39.0 Å². The summed E-state index contributed by atoms with van der Waals surface area (Å²) in [7, 11) is 0. The second-order valence-electron chi connectivity index (χ2n) is 8.19. The van der Waals surface area contributed by atoms with Crippen LogP contribution in [0.15, 0.2) is 24.3 Å². The number of aliphatic hydroxyl groups excluding tert-OH is 1. The third-order valence-electron chi connectivity index (χ3n) is 3.64. The molecular formula is C18H27NO3. The van der Waals surface area contributed by atoms with Gasteiger partial charge in [0.1, 0.15) is 11.8 Å². The number of para-hydroxylation sites is 1. The zero-order chi connectivity index (χ0) is 16.7. The molecule has 1 aromatic carbocycles. The van der Waals surface area contributed by atoms with E-state index in [-0.39, 0.29) is 11.3 Å². The first-order chi connectivity index (χ1) is 9.99. The third kappa shape index (κ3) is 3.61. The van der Waals surface area contributed by atoms with Crippen LogP contribution in [0.1, 0.15) is 59.4 Å². The van der Waals surface area contributed by atoms with Crippen molar-refractivity contribution in [3.63, 3.8) is 0 Å². The molecule has 0 saturated heterocycles. The summed E-state index contributed by atoms with van der Waals surface area (Å²) in [6, 6.07) is 7.67. The standard InChI is InChI=1S/C18H27NO3/c1-17(2,3)11-13-12-9-7-8-10-14(12)19(15(13)20)16(21)22-18(4,5)6/h7-10,13,15,20H,11H2,1-6H3. The van der Waals surface area contributed by atoms with Crippen LogP contribution in [0.3, 0.4) is 0 Å². The van der Waals surface area contributed by atoms with Gasteiger partial charge in [0.05, 0.1) is 5.69 Å². The zero-order valence-corrected chi connectivity index (χ0v) is 14.4. The highest BCUT2D eigenvalue weighted by molar-refractivity contribution is 5.91. The average molecular weight is 305 g/mol. The summed E-state index contributed by atoms with van der Waals surface area (Å²) in [6.45, 7) is 11.9. The maximum absolute atomic E-state index is 12.5. The Morgan fingerprint density at radius 2 is 1.77 bits per heavy atom. The summed E-state index contributed by atoms with van der Waals surface area (Å²) in [5.74, 6) is -0.0938. The number of carbonyl (C=O) groups excluding carboxylic acids is 1.